The molecule has 0 saturated heterocycles. The molecular weight excluding hydrogens is 580 g/mol. The minimum atomic E-state index is -4.15. The Morgan fingerprint density at radius 3 is 1.69 bits per heavy atom. The molecule has 0 spiro atoms. The zero-order valence-electron chi connectivity index (χ0n) is 23.9. The number of aryl methyl sites for hydroxylation is 2. The number of rotatable bonds is 11. The summed E-state index contributed by atoms with van der Waals surface area (Å²) >= 11 is 0. The predicted octanol–water partition coefficient (Wildman–Crippen LogP) is 5.04. The van der Waals surface area contributed by atoms with Crippen molar-refractivity contribution in [1.82, 2.24) is 0 Å². The van der Waals surface area contributed by atoms with E-state index in [9.17, 15) is 26.7 Å². The third kappa shape index (κ3) is 7.45. The van der Waals surface area contributed by atoms with Gasteiger partial charge in [-0.3, -0.25) is 8.37 Å². The van der Waals surface area contributed by atoms with Crippen LogP contribution in [-0.2, 0) is 38.9 Å². The molecule has 1 saturated carbocycles. The summed E-state index contributed by atoms with van der Waals surface area (Å²) in [5, 5.41) is 11.6. The van der Waals surface area contributed by atoms with Crippen molar-refractivity contribution in [2.24, 2.45) is 5.41 Å². The van der Waals surface area contributed by atoms with Gasteiger partial charge < -0.3 is 9.84 Å². The van der Waals surface area contributed by atoms with E-state index in [1.54, 1.807) is 55.5 Å². The summed E-state index contributed by atoms with van der Waals surface area (Å²) in [4.78, 5) is 12.2. The first-order valence-electron chi connectivity index (χ1n) is 13.7. The van der Waals surface area contributed by atoms with E-state index >= 15 is 0 Å². The molecular formula is C31H36O9S2. The van der Waals surface area contributed by atoms with Crippen molar-refractivity contribution in [2.75, 3.05) is 19.8 Å². The van der Waals surface area contributed by atoms with Crippen LogP contribution in [-0.4, -0.2) is 47.7 Å². The van der Waals surface area contributed by atoms with E-state index in [0.29, 0.717) is 11.1 Å². The van der Waals surface area contributed by atoms with Crippen LogP contribution in [0.4, 0.5) is 0 Å². The third-order valence-electron chi connectivity index (χ3n) is 7.71. The van der Waals surface area contributed by atoms with E-state index in [-0.39, 0.29) is 55.3 Å². The molecule has 0 aromatic heterocycles. The highest BCUT2D eigenvalue weighted by atomic mass is 32.2. The number of esters is 1. The van der Waals surface area contributed by atoms with Crippen molar-refractivity contribution in [1.29, 1.82) is 0 Å². The van der Waals surface area contributed by atoms with Crippen LogP contribution in [0.5, 0.6) is 0 Å². The van der Waals surface area contributed by atoms with E-state index in [1.165, 1.54) is 24.3 Å². The van der Waals surface area contributed by atoms with Gasteiger partial charge in [-0.15, -0.1) is 0 Å². The quantitative estimate of drug-likeness (QED) is 0.232. The number of ether oxygens (including phenoxy) is 1. The predicted molar refractivity (Wildman–Crippen MR) is 156 cm³/mol. The molecule has 1 aliphatic rings. The molecule has 0 bridgehead atoms. The van der Waals surface area contributed by atoms with Gasteiger partial charge in [-0.05, 0) is 88.4 Å². The van der Waals surface area contributed by atoms with Crippen LogP contribution in [0.1, 0.15) is 59.7 Å². The molecule has 226 valence electrons. The van der Waals surface area contributed by atoms with Gasteiger partial charge in [0, 0.05) is 5.41 Å². The number of benzene rings is 3. The van der Waals surface area contributed by atoms with Gasteiger partial charge in [0.2, 0.25) is 0 Å². The lowest BCUT2D eigenvalue weighted by atomic mass is 9.67. The molecule has 0 atom stereocenters. The second-order valence-corrected chi connectivity index (χ2v) is 14.1. The first-order valence-corrected chi connectivity index (χ1v) is 16.5. The summed E-state index contributed by atoms with van der Waals surface area (Å²) in [6.07, 6.45) is 0.697. The fourth-order valence-electron chi connectivity index (χ4n) is 4.91. The topological polar surface area (TPSA) is 133 Å². The van der Waals surface area contributed by atoms with E-state index in [0.717, 1.165) is 11.1 Å². The Balaban J connectivity index is 1.57. The lowest BCUT2D eigenvalue weighted by molar-refractivity contribution is -0.0622. The van der Waals surface area contributed by atoms with Crippen molar-refractivity contribution in [3.05, 3.63) is 95.1 Å². The van der Waals surface area contributed by atoms with Gasteiger partial charge in [0.05, 0.1) is 40.8 Å². The monoisotopic (exact) mass is 616 g/mol. The summed E-state index contributed by atoms with van der Waals surface area (Å²) in [7, 11) is -8.29. The Hall–Kier alpha value is -3.09. The van der Waals surface area contributed by atoms with Crippen molar-refractivity contribution in [2.45, 2.75) is 61.8 Å². The molecule has 3 aromatic rings. The molecule has 1 fully saturated rings. The maximum Gasteiger partial charge on any atom is 0.338 e. The Kier molecular flexibility index (Phi) is 9.58. The summed E-state index contributed by atoms with van der Waals surface area (Å²) in [5.74, 6) is -0.502. The molecule has 11 heteroatoms. The number of hydrogen-bond acceptors (Lipinski definition) is 9. The first kappa shape index (κ1) is 31.8. The fraction of sp³-hybridized carbons (Fsp3) is 0.387. The van der Waals surface area contributed by atoms with Crippen LogP contribution in [0.25, 0.3) is 0 Å². The van der Waals surface area contributed by atoms with Crippen molar-refractivity contribution in [3.8, 4) is 0 Å². The number of aliphatic hydroxyl groups is 1. The Morgan fingerprint density at radius 2 is 1.24 bits per heavy atom. The summed E-state index contributed by atoms with van der Waals surface area (Å²) in [6, 6.07) is 19.0. The van der Waals surface area contributed by atoms with Gasteiger partial charge >= 0.3 is 5.97 Å². The smallest absolute Gasteiger partial charge is 0.338 e. The minimum Gasteiger partial charge on any atom is -0.462 e. The average molecular weight is 617 g/mol. The van der Waals surface area contributed by atoms with Gasteiger partial charge in [0.1, 0.15) is 0 Å². The maximum absolute atomic E-state index is 13.0. The van der Waals surface area contributed by atoms with Gasteiger partial charge in [-0.2, -0.15) is 16.8 Å². The van der Waals surface area contributed by atoms with Gasteiger partial charge in [0.25, 0.3) is 20.2 Å². The average Bonchev–Trinajstić information content (AvgIpc) is 2.97. The number of carbonyl (C=O) groups is 1. The molecule has 0 unspecified atom stereocenters. The molecule has 4 rings (SSSR count). The number of carbonyl (C=O) groups excluding carboxylic acids is 1. The van der Waals surface area contributed by atoms with E-state index in [1.807, 2.05) is 13.8 Å². The Morgan fingerprint density at radius 1 is 0.762 bits per heavy atom. The van der Waals surface area contributed by atoms with E-state index in [2.05, 4.69) is 0 Å². The van der Waals surface area contributed by atoms with E-state index in [4.69, 9.17) is 13.1 Å². The molecule has 42 heavy (non-hydrogen) atoms. The second kappa shape index (κ2) is 12.6. The molecule has 0 radical (unpaired) electrons. The second-order valence-electron chi connectivity index (χ2n) is 10.9. The zero-order chi connectivity index (χ0) is 30.6. The zero-order valence-corrected chi connectivity index (χ0v) is 25.5. The highest BCUT2D eigenvalue weighted by Gasteiger charge is 2.45. The molecule has 9 nitrogen and oxygen atoms in total. The van der Waals surface area contributed by atoms with Crippen LogP contribution < -0.4 is 0 Å². The SMILES string of the molecule is CCOC(=O)c1cccc(C2(O)CCC(COS(=O)(=O)c3ccc(C)cc3)(COS(=O)(=O)c3ccc(C)cc3)CC2)c1. The van der Waals surface area contributed by atoms with Crippen LogP contribution in [0, 0.1) is 19.3 Å². The summed E-state index contributed by atoms with van der Waals surface area (Å²) in [6.45, 7) is 4.91. The molecule has 3 aromatic carbocycles. The van der Waals surface area contributed by atoms with Gasteiger partial charge in [-0.25, -0.2) is 4.79 Å². The minimum absolute atomic E-state index is 0.0143. The van der Waals surface area contributed by atoms with Crippen LogP contribution in [0.15, 0.2) is 82.6 Å². The molecule has 1 aliphatic carbocycles. The fourth-order valence-corrected chi connectivity index (χ4v) is 6.94. The van der Waals surface area contributed by atoms with Gasteiger partial charge in [-0.1, -0.05) is 47.5 Å². The van der Waals surface area contributed by atoms with Crippen LogP contribution in [0.3, 0.4) is 0 Å². The summed E-state index contributed by atoms with van der Waals surface area (Å²) < 4.78 is 68.1. The van der Waals surface area contributed by atoms with Crippen LogP contribution in [0.2, 0.25) is 0 Å². The highest BCUT2D eigenvalue weighted by Crippen LogP contribution is 2.47. The van der Waals surface area contributed by atoms with Crippen molar-refractivity contribution < 1.29 is 39.8 Å². The van der Waals surface area contributed by atoms with Crippen molar-refractivity contribution >= 4 is 26.2 Å². The lowest BCUT2D eigenvalue weighted by Gasteiger charge is -2.43. The van der Waals surface area contributed by atoms with Crippen molar-refractivity contribution in [3.63, 3.8) is 0 Å². The normalized spacial score (nSPS) is 16.6. The summed E-state index contributed by atoms with van der Waals surface area (Å²) in [5.41, 5.74) is 0.221. The molecule has 0 heterocycles. The standard InChI is InChI=1S/C31H36O9S2/c1-4-38-29(32)25-6-5-7-26(20-25)31(33)18-16-30(17-19-31,21-39-41(34,35)27-12-8-23(2)9-13-27)22-40-42(36,37)28-14-10-24(3)11-15-28/h5-15,20,33H,4,16-19,21-22H2,1-3H3. The van der Waals surface area contributed by atoms with Gasteiger partial charge in [0.15, 0.2) is 0 Å². The largest absolute Gasteiger partial charge is 0.462 e. The maximum atomic E-state index is 13.0. The first-order chi connectivity index (χ1) is 19.8. The van der Waals surface area contributed by atoms with Crippen LogP contribution >= 0.6 is 0 Å². The Labute approximate surface area is 247 Å². The molecule has 0 amide bonds. The number of hydrogen-bond donors (Lipinski definition) is 1. The lowest BCUT2D eigenvalue weighted by Crippen LogP contribution is -2.43. The Bertz CT molecular complexity index is 1520. The highest BCUT2D eigenvalue weighted by molar-refractivity contribution is 7.87. The third-order valence-corrected chi connectivity index (χ3v) is 10.3. The van der Waals surface area contributed by atoms with E-state index < -0.39 is 37.2 Å². The molecule has 0 aliphatic heterocycles. The molecule has 1 N–H and O–H groups in total.